The molecule has 3 heteroatoms. The molecule has 1 fully saturated rings. The zero-order chi connectivity index (χ0) is 15.6. The zero-order valence-corrected chi connectivity index (χ0v) is 14.4. The van der Waals surface area contributed by atoms with Crippen molar-refractivity contribution in [1.29, 1.82) is 0 Å². The molecule has 1 aliphatic rings. The van der Waals surface area contributed by atoms with E-state index in [1.807, 2.05) is 0 Å². The first-order valence-electron chi connectivity index (χ1n) is 8.17. The third kappa shape index (κ3) is 4.99. The first-order valence-corrected chi connectivity index (χ1v) is 8.17. The average molecular weight is 290 g/mol. The van der Waals surface area contributed by atoms with E-state index in [4.69, 9.17) is 9.72 Å². The van der Waals surface area contributed by atoms with E-state index in [1.165, 1.54) is 18.4 Å². The molecular formula is C18H30N2O. The number of hydrogen-bond donors (Lipinski definition) is 1. The van der Waals surface area contributed by atoms with Crippen molar-refractivity contribution in [3.63, 3.8) is 0 Å². The van der Waals surface area contributed by atoms with Crippen LogP contribution in [-0.2, 0) is 12.0 Å². The van der Waals surface area contributed by atoms with E-state index in [-0.39, 0.29) is 11.5 Å². The molecule has 21 heavy (non-hydrogen) atoms. The molecule has 1 N–H and O–H groups in total. The highest BCUT2D eigenvalue weighted by atomic mass is 16.5. The van der Waals surface area contributed by atoms with Gasteiger partial charge in [-0.3, -0.25) is 0 Å². The Kier molecular flexibility index (Phi) is 4.92. The molecule has 2 rings (SSSR count). The smallest absolute Gasteiger partial charge is 0.214 e. The lowest BCUT2D eigenvalue weighted by Gasteiger charge is -2.22. The molecule has 0 radical (unpaired) electrons. The maximum absolute atomic E-state index is 6.04. The topological polar surface area (TPSA) is 34.1 Å². The Labute approximate surface area is 129 Å². The van der Waals surface area contributed by atoms with Gasteiger partial charge in [-0.05, 0) is 37.3 Å². The Balaban J connectivity index is 2.18. The summed E-state index contributed by atoms with van der Waals surface area (Å²) in [5, 5.41) is 3.57. The molecular weight excluding hydrogens is 260 g/mol. The maximum Gasteiger partial charge on any atom is 0.214 e. The van der Waals surface area contributed by atoms with Crippen molar-refractivity contribution in [3.05, 3.63) is 23.4 Å². The van der Waals surface area contributed by atoms with Crippen molar-refractivity contribution in [3.8, 4) is 5.88 Å². The molecule has 3 nitrogen and oxygen atoms in total. The molecule has 1 aromatic heterocycles. The van der Waals surface area contributed by atoms with Crippen molar-refractivity contribution in [1.82, 2.24) is 10.3 Å². The Morgan fingerprint density at radius 1 is 1.24 bits per heavy atom. The molecule has 1 atom stereocenters. The Bertz CT molecular complexity index is 473. The van der Waals surface area contributed by atoms with Crippen LogP contribution < -0.4 is 10.1 Å². The number of nitrogens with zero attached hydrogens (tertiary/aromatic N) is 1. The van der Waals surface area contributed by atoms with Crippen molar-refractivity contribution in [2.75, 3.05) is 0 Å². The molecule has 1 aliphatic carbocycles. The van der Waals surface area contributed by atoms with Crippen LogP contribution in [0.3, 0.4) is 0 Å². The van der Waals surface area contributed by atoms with Crippen LogP contribution >= 0.6 is 0 Å². The summed E-state index contributed by atoms with van der Waals surface area (Å²) in [5.41, 5.74) is 2.41. The van der Waals surface area contributed by atoms with E-state index in [9.17, 15) is 0 Å². The van der Waals surface area contributed by atoms with Crippen LogP contribution in [0.5, 0.6) is 5.88 Å². The third-order valence-electron chi connectivity index (χ3n) is 4.05. The summed E-state index contributed by atoms with van der Waals surface area (Å²) in [5.74, 6) is 1.24. The molecule has 1 unspecified atom stereocenters. The van der Waals surface area contributed by atoms with Gasteiger partial charge in [0.15, 0.2) is 0 Å². The molecule has 0 spiro atoms. The summed E-state index contributed by atoms with van der Waals surface area (Å²) in [6, 6.07) is 5.02. The zero-order valence-electron chi connectivity index (χ0n) is 14.4. The predicted molar refractivity (Wildman–Crippen MR) is 87.7 cm³/mol. The SMILES string of the molecule is CC(C)C(C)Oc1cc(CNC2CC2)cc(C(C)(C)C)n1. The van der Waals surface area contributed by atoms with Gasteiger partial charge < -0.3 is 10.1 Å². The fraction of sp³-hybridized carbons (Fsp3) is 0.722. The van der Waals surface area contributed by atoms with Crippen LogP contribution in [0.25, 0.3) is 0 Å². The number of nitrogens with one attached hydrogen (secondary N) is 1. The standard InChI is InChI=1S/C18H30N2O/c1-12(2)13(3)21-17-10-14(11-19-15-7-8-15)9-16(20-17)18(4,5)6/h9-10,12-13,15,19H,7-8,11H2,1-6H3. The first kappa shape index (κ1) is 16.3. The largest absolute Gasteiger partial charge is 0.474 e. The first-order chi connectivity index (χ1) is 9.75. The highest BCUT2D eigenvalue weighted by Crippen LogP contribution is 2.26. The quantitative estimate of drug-likeness (QED) is 0.858. The fourth-order valence-corrected chi connectivity index (χ4v) is 1.98. The number of aromatic nitrogens is 1. The average Bonchev–Trinajstić information content (AvgIpc) is 3.19. The van der Waals surface area contributed by atoms with Crippen LogP contribution in [-0.4, -0.2) is 17.1 Å². The van der Waals surface area contributed by atoms with Gasteiger partial charge in [-0.1, -0.05) is 34.6 Å². The molecule has 0 aromatic carbocycles. The van der Waals surface area contributed by atoms with Gasteiger partial charge in [-0.25, -0.2) is 4.98 Å². The lowest BCUT2D eigenvalue weighted by Crippen LogP contribution is -2.22. The minimum atomic E-state index is 0.0365. The second kappa shape index (κ2) is 6.35. The summed E-state index contributed by atoms with van der Waals surface area (Å²) < 4.78 is 6.04. The molecule has 1 aromatic rings. The van der Waals surface area contributed by atoms with Crippen molar-refractivity contribution in [2.24, 2.45) is 5.92 Å². The molecule has 0 amide bonds. The summed E-state index contributed by atoms with van der Waals surface area (Å²) in [6.07, 6.45) is 2.80. The number of hydrogen-bond acceptors (Lipinski definition) is 3. The van der Waals surface area contributed by atoms with Gasteiger partial charge in [0.25, 0.3) is 0 Å². The van der Waals surface area contributed by atoms with E-state index in [0.29, 0.717) is 5.92 Å². The summed E-state index contributed by atoms with van der Waals surface area (Å²) >= 11 is 0. The van der Waals surface area contributed by atoms with Crippen LogP contribution in [0.4, 0.5) is 0 Å². The fourth-order valence-electron chi connectivity index (χ4n) is 1.98. The summed E-state index contributed by atoms with van der Waals surface area (Å²) in [7, 11) is 0. The van der Waals surface area contributed by atoms with E-state index >= 15 is 0 Å². The van der Waals surface area contributed by atoms with Crippen LogP contribution in [0.15, 0.2) is 12.1 Å². The van der Waals surface area contributed by atoms with Crippen LogP contribution in [0.2, 0.25) is 0 Å². The van der Waals surface area contributed by atoms with Gasteiger partial charge >= 0.3 is 0 Å². The van der Waals surface area contributed by atoms with E-state index in [0.717, 1.165) is 24.2 Å². The van der Waals surface area contributed by atoms with E-state index in [1.54, 1.807) is 0 Å². The lowest BCUT2D eigenvalue weighted by atomic mass is 9.91. The van der Waals surface area contributed by atoms with E-state index < -0.39 is 0 Å². The second-order valence-electron chi connectivity index (χ2n) is 7.67. The van der Waals surface area contributed by atoms with Gasteiger partial charge in [-0.2, -0.15) is 0 Å². The Morgan fingerprint density at radius 3 is 2.43 bits per heavy atom. The molecule has 1 saturated carbocycles. The molecule has 0 bridgehead atoms. The highest BCUT2D eigenvalue weighted by molar-refractivity contribution is 5.29. The van der Waals surface area contributed by atoms with Crippen LogP contribution in [0.1, 0.15) is 65.6 Å². The van der Waals surface area contributed by atoms with Gasteiger partial charge in [-0.15, -0.1) is 0 Å². The lowest BCUT2D eigenvalue weighted by molar-refractivity contribution is 0.162. The predicted octanol–water partition coefficient (Wildman–Crippen LogP) is 4.05. The Hall–Kier alpha value is -1.09. The van der Waals surface area contributed by atoms with Gasteiger partial charge in [0, 0.05) is 24.1 Å². The monoisotopic (exact) mass is 290 g/mol. The van der Waals surface area contributed by atoms with Gasteiger partial charge in [0.1, 0.15) is 0 Å². The van der Waals surface area contributed by atoms with Crippen molar-refractivity contribution in [2.45, 2.75) is 78.5 Å². The van der Waals surface area contributed by atoms with Gasteiger partial charge in [0.05, 0.1) is 11.8 Å². The number of ether oxygens (including phenoxy) is 1. The third-order valence-corrected chi connectivity index (χ3v) is 4.05. The number of pyridine rings is 1. The second-order valence-corrected chi connectivity index (χ2v) is 7.67. The molecule has 0 aliphatic heterocycles. The summed E-state index contributed by atoms with van der Waals surface area (Å²) in [4.78, 5) is 4.72. The van der Waals surface area contributed by atoms with Crippen molar-refractivity contribution >= 4 is 0 Å². The van der Waals surface area contributed by atoms with Gasteiger partial charge in [0.2, 0.25) is 5.88 Å². The molecule has 118 valence electrons. The van der Waals surface area contributed by atoms with Crippen molar-refractivity contribution < 1.29 is 4.74 Å². The minimum absolute atomic E-state index is 0.0365. The van der Waals surface area contributed by atoms with E-state index in [2.05, 4.69) is 59.0 Å². The molecule has 0 saturated heterocycles. The normalized spacial score (nSPS) is 17.1. The number of rotatable bonds is 6. The summed E-state index contributed by atoms with van der Waals surface area (Å²) in [6.45, 7) is 14.0. The maximum atomic E-state index is 6.04. The Morgan fingerprint density at radius 2 is 1.90 bits per heavy atom. The van der Waals surface area contributed by atoms with Crippen LogP contribution in [0, 0.1) is 5.92 Å². The minimum Gasteiger partial charge on any atom is -0.474 e. The highest BCUT2D eigenvalue weighted by Gasteiger charge is 2.22. The molecule has 1 heterocycles.